The van der Waals surface area contributed by atoms with E-state index in [2.05, 4.69) is 15.1 Å². The van der Waals surface area contributed by atoms with Crippen LogP contribution >= 0.6 is 0 Å². The number of nitro groups is 1. The van der Waals surface area contributed by atoms with Crippen LogP contribution in [0.3, 0.4) is 0 Å². The van der Waals surface area contributed by atoms with Crippen molar-refractivity contribution in [3.05, 3.63) is 63.9 Å². The van der Waals surface area contributed by atoms with Crippen LogP contribution in [-0.2, 0) is 6.61 Å². The van der Waals surface area contributed by atoms with Gasteiger partial charge in [-0.25, -0.2) is 4.39 Å². The molecule has 0 N–H and O–H groups in total. The van der Waals surface area contributed by atoms with Crippen LogP contribution in [0, 0.1) is 22.9 Å². The molecule has 2 aromatic heterocycles. The number of hydrogen-bond donors (Lipinski definition) is 0. The second kappa shape index (κ2) is 6.41. The third-order valence-electron chi connectivity index (χ3n) is 3.17. The molecule has 0 fully saturated rings. The lowest BCUT2D eigenvalue weighted by atomic mass is 10.1. The van der Waals surface area contributed by atoms with Gasteiger partial charge < -0.3 is 19.4 Å². The van der Waals surface area contributed by atoms with Gasteiger partial charge in [0.1, 0.15) is 12.0 Å². The molecule has 0 spiro atoms. The number of halogens is 1. The SMILES string of the molecule is Cc1ccc(-c2noc(COc3cccnc3[N+](=O)[O-])n2)cc1F. The summed E-state index contributed by atoms with van der Waals surface area (Å²) < 4.78 is 23.9. The first-order valence-corrected chi connectivity index (χ1v) is 6.86. The first-order chi connectivity index (χ1) is 11.5. The lowest BCUT2D eigenvalue weighted by Gasteiger charge is -2.02. The second-order valence-corrected chi connectivity index (χ2v) is 4.85. The summed E-state index contributed by atoms with van der Waals surface area (Å²) in [5, 5.41) is 14.6. The normalized spacial score (nSPS) is 10.6. The first-order valence-electron chi connectivity index (χ1n) is 6.86. The van der Waals surface area contributed by atoms with Crippen molar-refractivity contribution in [2.24, 2.45) is 0 Å². The highest BCUT2D eigenvalue weighted by Gasteiger charge is 2.17. The predicted molar refractivity (Wildman–Crippen MR) is 79.7 cm³/mol. The summed E-state index contributed by atoms with van der Waals surface area (Å²) in [7, 11) is 0. The van der Waals surface area contributed by atoms with E-state index < -0.39 is 10.7 Å². The molecule has 24 heavy (non-hydrogen) atoms. The van der Waals surface area contributed by atoms with Crippen LogP contribution in [0.25, 0.3) is 11.4 Å². The van der Waals surface area contributed by atoms with Gasteiger partial charge in [0.15, 0.2) is 6.61 Å². The first kappa shape index (κ1) is 15.5. The maximum atomic E-state index is 13.6. The Morgan fingerprint density at radius 1 is 1.38 bits per heavy atom. The van der Waals surface area contributed by atoms with E-state index in [1.54, 1.807) is 19.1 Å². The zero-order valence-corrected chi connectivity index (χ0v) is 12.5. The molecule has 0 atom stereocenters. The van der Waals surface area contributed by atoms with Crippen molar-refractivity contribution in [1.82, 2.24) is 15.1 Å². The van der Waals surface area contributed by atoms with Crippen molar-refractivity contribution in [2.75, 3.05) is 0 Å². The third kappa shape index (κ3) is 3.19. The van der Waals surface area contributed by atoms with Crippen molar-refractivity contribution < 1.29 is 18.6 Å². The number of rotatable bonds is 5. The largest absolute Gasteiger partial charge is 0.476 e. The molecule has 0 aliphatic heterocycles. The minimum Gasteiger partial charge on any atom is -0.476 e. The Bertz CT molecular complexity index is 897. The van der Waals surface area contributed by atoms with Gasteiger partial charge in [0.25, 0.3) is 5.89 Å². The Kier molecular flexibility index (Phi) is 4.15. The molecular weight excluding hydrogens is 319 g/mol. The molecule has 0 aliphatic carbocycles. The van der Waals surface area contributed by atoms with Gasteiger partial charge in [-0.05, 0) is 40.6 Å². The number of nitrogens with zero attached hydrogens (tertiary/aromatic N) is 4. The summed E-state index contributed by atoms with van der Waals surface area (Å²) in [5.41, 5.74) is 0.968. The van der Waals surface area contributed by atoms with Crippen LogP contribution in [-0.4, -0.2) is 20.0 Å². The zero-order valence-electron chi connectivity index (χ0n) is 12.5. The molecule has 0 amide bonds. The van der Waals surface area contributed by atoms with Crippen LogP contribution in [0.5, 0.6) is 5.75 Å². The van der Waals surface area contributed by atoms with Crippen molar-refractivity contribution in [3.63, 3.8) is 0 Å². The number of pyridine rings is 1. The zero-order chi connectivity index (χ0) is 17.1. The Labute approximate surface area is 135 Å². The minimum atomic E-state index is -0.649. The van der Waals surface area contributed by atoms with Gasteiger partial charge in [0, 0.05) is 5.56 Å². The predicted octanol–water partition coefficient (Wildman–Crippen LogP) is 3.07. The second-order valence-electron chi connectivity index (χ2n) is 4.85. The van der Waals surface area contributed by atoms with Crippen LogP contribution < -0.4 is 4.74 Å². The van der Waals surface area contributed by atoms with E-state index in [-0.39, 0.29) is 29.9 Å². The molecule has 3 rings (SSSR count). The molecule has 8 nitrogen and oxygen atoms in total. The van der Waals surface area contributed by atoms with E-state index in [4.69, 9.17) is 9.26 Å². The molecular formula is C15H11FN4O4. The lowest BCUT2D eigenvalue weighted by molar-refractivity contribution is -0.390. The fourth-order valence-electron chi connectivity index (χ4n) is 1.93. The highest BCUT2D eigenvalue weighted by Crippen LogP contribution is 2.24. The minimum absolute atomic E-state index is 0.0105. The van der Waals surface area contributed by atoms with E-state index in [0.717, 1.165) is 0 Å². The molecule has 122 valence electrons. The fraction of sp³-hybridized carbons (Fsp3) is 0.133. The standard InChI is InChI=1S/C15H11FN4O4/c1-9-4-5-10(7-11(9)16)14-18-13(24-19-14)8-23-12-3-2-6-17-15(12)20(21)22/h2-7H,8H2,1H3. The maximum Gasteiger partial charge on any atom is 0.406 e. The van der Waals surface area contributed by atoms with Crippen LogP contribution in [0.1, 0.15) is 11.5 Å². The average Bonchev–Trinajstić information content (AvgIpc) is 3.04. The molecule has 0 radical (unpaired) electrons. The molecule has 0 saturated heterocycles. The molecule has 3 aromatic rings. The van der Waals surface area contributed by atoms with E-state index >= 15 is 0 Å². The monoisotopic (exact) mass is 330 g/mol. The van der Waals surface area contributed by atoms with E-state index in [9.17, 15) is 14.5 Å². The van der Waals surface area contributed by atoms with Gasteiger partial charge >= 0.3 is 5.82 Å². The molecule has 0 bridgehead atoms. The smallest absolute Gasteiger partial charge is 0.406 e. The Morgan fingerprint density at radius 2 is 2.21 bits per heavy atom. The Balaban J connectivity index is 1.75. The fourth-order valence-corrected chi connectivity index (χ4v) is 1.93. The van der Waals surface area contributed by atoms with Gasteiger partial charge in [0.05, 0.1) is 0 Å². The summed E-state index contributed by atoms with van der Waals surface area (Å²) in [6.07, 6.45) is 1.29. The molecule has 9 heteroatoms. The average molecular weight is 330 g/mol. The van der Waals surface area contributed by atoms with Gasteiger partial charge in [-0.2, -0.15) is 4.98 Å². The number of benzene rings is 1. The van der Waals surface area contributed by atoms with E-state index in [0.29, 0.717) is 11.1 Å². The highest BCUT2D eigenvalue weighted by molar-refractivity contribution is 5.54. The van der Waals surface area contributed by atoms with Gasteiger partial charge in [-0.15, -0.1) is 0 Å². The molecule has 0 aliphatic rings. The molecule has 2 heterocycles. The van der Waals surface area contributed by atoms with E-state index in [1.165, 1.54) is 24.4 Å². The Morgan fingerprint density at radius 3 is 2.96 bits per heavy atom. The van der Waals surface area contributed by atoms with Gasteiger partial charge in [-0.3, -0.25) is 0 Å². The van der Waals surface area contributed by atoms with Crippen LogP contribution in [0.15, 0.2) is 41.1 Å². The third-order valence-corrected chi connectivity index (χ3v) is 3.17. The summed E-state index contributed by atoms with van der Waals surface area (Å²) in [6, 6.07) is 7.50. The highest BCUT2D eigenvalue weighted by atomic mass is 19.1. The lowest BCUT2D eigenvalue weighted by Crippen LogP contribution is -2.00. The van der Waals surface area contributed by atoms with Gasteiger partial charge in [0.2, 0.25) is 11.6 Å². The topological polar surface area (TPSA) is 104 Å². The summed E-state index contributed by atoms with van der Waals surface area (Å²) >= 11 is 0. The molecule has 0 unspecified atom stereocenters. The van der Waals surface area contributed by atoms with Crippen molar-refractivity contribution >= 4 is 5.82 Å². The molecule has 1 aromatic carbocycles. The van der Waals surface area contributed by atoms with Crippen molar-refractivity contribution in [2.45, 2.75) is 13.5 Å². The number of hydrogen-bond acceptors (Lipinski definition) is 7. The van der Waals surface area contributed by atoms with Crippen molar-refractivity contribution in [1.29, 1.82) is 0 Å². The number of aromatic nitrogens is 3. The summed E-state index contributed by atoms with van der Waals surface area (Å²) in [6.45, 7) is 1.48. The van der Waals surface area contributed by atoms with Gasteiger partial charge in [-0.1, -0.05) is 17.3 Å². The van der Waals surface area contributed by atoms with E-state index in [1.807, 2.05) is 0 Å². The quantitative estimate of drug-likeness (QED) is 0.523. The molecule has 0 saturated carbocycles. The summed E-state index contributed by atoms with van der Waals surface area (Å²) in [4.78, 5) is 17.9. The van der Waals surface area contributed by atoms with Crippen LogP contribution in [0.4, 0.5) is 10.2 Å². The summed E-state index contributed by atoms with van der Waals surface area (Å²) in [5.74, 6) is -0.486. The van der Waals surface area contributed by atoms with Crippen LogP contribution in [0.2, 0.25) is 0 Å². The Hall–Kier alpha value is -3.36. The number of ether oxygens (including phenoxy) is 1. The van der Waals surface area contributed by atoms with Crippen molar-refractivity contribution in [3.8, 4) is 17.1 Å². The maximum absolute atomic E-state index is 13.6. The number of aryl methyl sites for hydroxylation is 1.